The summed E-state index contributed by atoms with van der Waals surface area (Å²) in [5.41, 5.74) is 4.91. The van der Waals surface area contributed by atoms with Gasteiger partial charge in [-0.15, -0.1) is 0 Å². The molecule has 0 bridgehead atoms. The SMILES string of the molecule is Cc1cc(C)cc(CC(=O)N(Cc2ccc(Cl)c(Cl)c2)[C@@H](Cc2ccccc2)C(=O)NC(C)C)c1. The van der Waals surface area contributed by atoms with Gasteiger partial charge in [0.05, 0.1) is 16.5 Å². The second kappa shape index (κ2) is 12.2. The van der Waals surface area contributed by atoms with Crippen LogP contribution in [0, 0.1) is 13.8 Å². The van der Waals surface area contributed by atoms with Crippen LogP contribution < -0.4 is 5.32 Å². The van der Waals surface area contributed by atoms with Gasteiger partial charge in [-0.1, -0.05) is 88.9 Å². The Morgan fingerprint density at radius 3 is 2.09 bits per heavy atom. The van der Waals surface area contributed by atoms with Gasteiger partial charge in [-0.05, 0) is 56.5 Å². The number of rotatable bonds is 9. The molecule has 0 saturated heterocycles. The smallest absolute Gasteiger partial charge is 0.243 e. The molecule has 4 nitrogen and oxygen atoms in total. The number of benzene rings is 3. The van der Waals surface area contributed by atoms with Gasteiger partial charge in [0.1, 0.15) is 6.04 Å². The van der Waals surface area contributed by atoms with E-state index in [-0.39, 0.29) is 30.8 Å². The second-order valence-electron chi connectivity index (χ2n) is 9.31. The molecule has 0 spiro atoms. The molecule has 0 radical (unpaired) electrons. The lowest BCUT2D eigenvalue weighted by molar-refractivity contribution is -0.141. The molecule has 0 heterocycles. The van der Waals surface area contributed by atoms with Crippen LogP contribution in [0.3, 0.4) is 0 Å². The van der Waals surface area contributed by atoms with Crippen molar-refractivity contribution in [3.63, 3.8) is 0 Å². The van der Waals surface area contributed by atoms with Gasteiger partial charge >= 0.3 is 0 Å². The van der Waals surface area contributed by atoms with Crippen molar-refractivity contribution in [2.45, 2.75) is 59.2 Å². The molecule has 0 fully saturated rings. The lowest BCUT2D eigenvalue weighted by Gasteiger charge is -2.32. The maximum Gasteiger partial charge on any atom is 0.243 e. The molecule has 35 heavy (non-hydrogen) atoms. The normalized spacial score (nSPS) is 11.9. The Kier molecular flexibility index (Phi) is 9.36. The van der Waals surface area contributed by atoms with Crippen LogP contribution in [0.4, 0.5) is 0 Å². The minimum absolute atomic E-state index is 0.0536. The molecule has 0 saturated carbocycles. The van der Waals surface area contributed by atoms with Crippen molar-refractivity contribution in [3.8, 4) is 0 Å². The van der Waals surface area contributed by atoms with E-state index in [1.54, 1.807) is 17.0 Å². The quantitative estimate of drug-likeness (QED) is 0.366. The van der Waals surface area contributed by atoms with E-state index in [9.17, 15) is 9.59 Å². The van der Waals surface area contributed by atoms with Gasteiger partial charge in [-0.3, -0.25) is 9.59 Å². The van der Waals surface area contributed by atoms with E-state index in [1.165, 1.54) is 0 Å². The van der Waals surface area contributed by atoms with E-state index < -0.39 is 6.04 Å². The summed E-state index contributed by atoms with van der Waals surface area (Å²) in [4.78, 5) is 28.9. The van der Waals surface area contributed by atoms with E-state index in [0.717, 1.165) is 27.8 Å². The van der Waals surface area contributed by atoms with E-state index in [1.807, 2.05) is 76.2 Å². The summed E-state index contributed by atoms with van der Waals surface area (Å²) in [6.45, 7) is 8.10. The van der Waals surface area contributed by atoms with E-state index >= 15 is 0 Å². The predicted molar refractivity (Wildman–Crippen MR) is 144 cm³/mol. The average molecular weight is 511 g/mol. The van der Waals surface area contributed by atoms with Gasteiger partial charge in [0, 0.05) is 19.0 Å². The minimum atomic E-state index is -0.687. The molecule has 2 amide bonds. The van der Waals surface area contributed by atoms with E-state index in [2.05, 4.69) is 11.4 Å². The fraction of sp³-hybridized carbons (Fsp3) is 0.310. The van der Waals surface area contributed by atoms with Gasteiger partial charge < -0.3 is 10.2 Å². The molecule has 0 aromatic heterocycles. The second-order valence-corrected chi connectivity index (χ2v) is 10.1. The van der Waals surface area contributed by atoms with Crippen molar-refractivity contribution in [1.29, 1.82) is 0 Å². The zero-order chi connectivity index (χ0) is 25.5. The molecule has 3 rings (SSSR count). The van der Waals surface area contributed by atoms with Crippen molar-refractivity contribution in [2.24, 2.45) is 0 Å². The number of nitrogens with zero attached hydrogens (tertiary/aromatic N) is 1. The van der Waals surface area contributed by atoms with Crippen molar-refractivity contribution in [3.05, 3.63) is 105 Å². The molecule has 1 atom stereocenters. The molecule has 6 heteroatoms. The van der Waals surface area contributed by atoms with Crippen LogP contribution in [0.1, 0.15) is 41.7 Å². The highest BCUT2D eigenvalue weighted by Crippen LogP contribution is 2.25. The van der Waals surface area contributed by atoms with Crippen LogP contribution in [0.25, 0.3) is 0 Å². The highest BCUT2D eigenvalue weighted by atomic mass is 35.5. The molecule has 184 valence electrons. The molecule has 0 aliphatic carbocycles. The Morgan fingerprint density at radius 1 is 0.829 bits per heavy atom. The topological polar surface area (TPSA) is 49.4 Å². The molecule has 3 aromatic rings. The van der Waals surface area contributed by atoms with Crippen molar-refractivity contribution in [1.82, 2.24) is 10.2 Å². The zero-order valence-corrected chi connectivity index (χ0v) is 22.2. The Labute approximate surface area is 218 Å². The van der Waals surface area contributed by atoms with Gasteiger partial charge in [-0.25, -0.2) is 0 Å². The highest BCUT2D eigenvalue weighted by Gasteiger charge is 2.31. The Bertz CT molecular complexity index is 1160. The van der Waals surface area contributed by atoms with E-state index in [4.69, 9.17) is 23.2 Å². The number of amides is 2. The molecule has 0 aliphatic heterocycles. The predicted octanol–water partition coefficient (Wildman–Crippen LogP) is 6.32. The monoisotopic (exact) mass is 510 g/mol. The summed E-state index contributed by atoms with van der Waals surface area (Å²) in [7, 11) is 0. The summed E-state index contributed by atoms with van der Waals surface area (Å²) < 4.78 is 0. The van der Waals surface area contributed by atoms with Crippen LogP contribution in [0.2, 0.25) is 10.0 Å². The van der Waals surface area contributed by atoms with Crippen molar-refractivity contribution in [2.75, 3.05) is 0 Å². The van der Waals surface area contributed by atoms with Gasteiger partial charge in [0.25, 0.3) is 0 Å². The number of hydrogen-bond donors (Lipinski definition) is 1. The molecule has 1 N–H and O–H groups in total. The number of hydrogen-bond acceptors (Lipinski definition) is 2. The Balaban J connectivity index is 2.00. The third-order valence-electron chi connectivity index (χ3n) is 5.68. The summed E-state index contributed by atoms with van der Waals surface area (Å²) in [5.74, 6) is -0.307. The maximum absolute atomic E-state index is 13.8. The van der Waals surface area contributed by atoms with Crippen LogP contribution >= 0.6 is 23.2 Å². The number of nitrogens with one attached hydrogen (secondary N) is 1. The summed E-state index contributed by atoms with van der Waals surface area (Å²) in [6, 6.07) is 20.4. The first-order chi connectivity index (χ1) is 16.6. The number of aryl methyl sites for hydroxylation is 2. The lowest BCUT2D eigenvalue weighted by atomic mass is 10.00. The van der Waals surface area contributed by atoms with Gasteiger partial charge in [-0.2, -0.15) is 0 Å². The third kappa shape index (κ3) is 7.84. The summed E-state index contributed by atoms with van der Waals surface area (Å²) in [5, 5.41) is 3.87. The van der Waals surface area contributed by atoms with Gasteiger partial charge in [0.15, 0.2) is 0 Å². The molecular formula is C29H32Cl2N2O2. The van der Waals surface area contributed by atoms with Crippen molar-refractivity contribution < 1.29 is 9.59 Å². The summed E-state index contributed by atoms with van der Waals surface area (Å²) >= 11 is 12.4. The van der Waals surface area contributed by atoms with Crippen LogP contribution in [-0.4, -0.2) is 28.8 Å². The maximum atomic E-state index is 13.8. The highest BCUT2D eigenvalue weighted by molar-refractivity contribution is 6.42. The van der Waals surface area contributed by atoms with Crippen LogP contribution in [0.5, 0.6) is 0 Å². The molecule has 0 aliphatic rings. The average Bonchev–Trinajstić information content (AvgIpc) is 2.78. The first-order valence-electron chi connectivity index (χ1n) is 11.8. The van der Waals surface area contributed by atoms with Gasteiger partial charge in [0.2, 0.25) is 11.8 Å². The largest absolute Gasteiger partial charge is 0.352 e. The fourth-order valence-corrected chi connectivity index (χ4v) is 4.54. The minimum Gasteiger partial charge on any atom is -0.352 e. The zero-order valence-electron chi connectivity index (χ0n) is 20.6. The number of halogens is 2. The number of carbonyl (C=O) groups excluding carboxylic acids is 2. The molecular weight excluding hydrogens is 479 g/mol. The van der Waals surface area contributed by atoms with E-state index in [0.29, 0.717) is 16.5 Å². The Hall–Kier alpha value is -2.82. The summed E-state index contributed by atoms with van der Waals surface area (Å²) in [6.07, 6.45) is 0.601. The first kappa shape index (κ1) is 26.8. The first-order valence-corrected chi connectivity index (χ1v) is 12.5. The third-order valence-corrected chi connectivity index (χ3v) is 6.41. The standard InChI is InChI=1S/C29H32Cl2N2O2/c1-19(2)32-29(35)27(16-22-8-6-5-7-9-22)33(18-23-10-11-25(30)26(31)15-23)28(34)17-24-13-20(3)12-21(4)14-24/h5-15,19,27H,16-18H2,1-4H3,(H,32,35)/t27-/m0/s1. The fourth-order valence-electron chi connectivity index (χ4n) is 4.22. The van der Waals surface area contributed by atoms with Crippen molar-refractivity contribution >= 4 is 35.0 Å². The molecule has 3 aromatic carbocycles. The lowest BCUT2D eigenvalue weighted by Crippen LogP contribution is -2.52. The van der Waals surface area contributed by atoms with Crippen LogP contribution in [0.15, 0.2) is 66.7 Å². The number of carbonyl (C=O) groups is 2. The van der Waals surface area contributed by atoms with Crippen LogP contribution in [-0.2, 0) is 29.0 Å². The molecule has 0 unspecified atom stereocenters. The Morgan fingerprint density at radius 2 is 1.49 bits per heavy atom.